The Morgan fingerprint density at radius 2 is 2.20 bits per heavy atom. The topological polar surface area (TPSA) is 75.4 Å². The monoisotopic (exact) mass is 341 g/mol. The van der Waals surface area contributed by atoms with E-state index in [4.69, 9.17) is 4.52 Å². The van der Waals surface area contributed by atoms with E-state index in [0.717, 1.165) is 42.9 Å². The van der Waals surface area contributed by atoms with Crippen molar-refractivity contribution in [2.24, 2.45) is 0 Å². The molecule has 7 heteroatoms. The molecule has 2 fully saturated rings. The smallest absolute Gasteiger partial charge is 0.245 e. The molecule has 4 rings (SSSR count). The van der Waals surface area contributed by atoms with E-state index in [9.17, 15) is 4.79 Å². The Bertz CT molecular complexity index is 770. The van der Waals surface area contributed by atoms with Crippen molar-refractivity contribution in [1.82, 2.24) is 24.9 Å². The van der Waals surface area contributed by atoms with Gasteiger partial charge in [-0.15, -0.1) is 0 Å². The van der Waals surface area contributed by atoms with Crippen LogP contribution >= 0.6 is 0 Å². The SMILES string of the molecule is Cc1cnccc1CC(=O)N1CCN(C)C(c2nc(C3CC3)no2)C1. The van der Waals surface area contributed by atoms with Crippen LogP contribution in [0.2, 0.25) is 0 Å². The van der Waals surface area contributed by atoms with Gasteiger partial charge < -0.3 is 9.42 Å². The summed E-state index contributed by atoms with van der Waals surface area (Å²) in [7, 11) is 2.04. The predicted octanol–water partition coefficient (Wildman–Crippen LogP) is 1.71. The summed E-state index contributed by atoms with van der Waals surface area (Å²) in [4.78, 5) is 25.5. The van der Waals surface area contributed by atoms with E-state index in [1.807, 2.05) is 24.9 Å². The summed E-state index contributed by atoms with van der Waals surface area (Å²) >= 11 is 0. The molecule has 3 heterocycles. The highest BCUT2D eigenvalue weighted by Gasteiger charge is 2.34. The average Bonchev–Trinajstić information content (AvgIpc) is 3.35. The van der Waals surface area contributed by atoms with Crippen LogP contribution in [-0.4, -0.2) is 57.5 Å². The molecule has 1 atom stereocenters. The fourth-order valence-electron chi connectivity index (χ4n) is 3.23. The first-order valence-corrected chi connectivity index (χ1v) is 8.83. The van der Waals surface area contributed by atoms with Gasteiger partial charge in [-0.25, -0.2) is 0 Å². The molecule has 2 aromatic rings. The zero-order valence-corrected chi connectivity index (χ0v) is 14.7. The summed E-state index contributed by atoms with van der Waals surface area (Å²) in [6, 6.07) is 1.89. The van der Waals surface area contributed by atoms with Crippen LogP contribution in [0.5, 0.6) is 0 Å². The number of carbonyl (C=O) groups is 1. The number of likely N-dealkylation sites (N-methyl/N-ethyl adjacent to an activating group) is 1. The van der Waals surface area contributed by atoms with Crippen LogP contribution in [0.1, 0.15) is 47.6 Å². The number of aromatic nitrogens is 3. The Morgan fingerprint density at radius 1 is 1.36 bits per heavy atom. The Balaban J connectivity index is 1.45. The number of nitrogens with zero attached hydrogens (tertiary/aromatic N) is 5. The van der Waals surface area contributed by atoms with E-state index in [0.29, 0.717) is 24.8 Å². The van der Waals surface area contributed by atoms with Gasteiger partial charge in [0.15, 0.2) is 5.82 Å². The van der Waals surface area contributed by atoms with Gasteiger partial charge in [-0.05, 0) is 44.0 Å². The van der Waals surface area contributed by atoms with E-state index >= 15 is 0 Å². The molecular weight excluding hydrogens is 318 g/mol. The molecule has 0 spiro atoms. The number of aryl methyl sites for hydroxylation is 1. The molecule has 0 bridgehead atoms. The predicted molar refractivity (Wildman–Crippen MR) is 90.9 cm³/mol. The van der Waals surface area contributed by atoms with Crippen molar-refractivity contribution in [3.8, 4) is 0 Å². The minimum atomic E-state index is -0.0313. The van der Waals surface area contributed by atoms with Crippen molar-refractivity contribution >= 4 is 5.91 Å². The van der Waals surface area contributed by atoms with Gasteiger partial charge in [-0.3, -0.25) is 14.7 Å². The molecule has 1 saturated carbocycles. The van der Waals surface area contributed by atoms with Gasteiger partial charge in [0.1, 0.15) is 6.04 Å². The number of rotatable bonds is 4. The first kappa shape index (κ1) is 16.2. The largest absolute Gasteiger partial charge is 0.339 e. The molecule has 1 unspecified atom stereocenters. The lowest BCUT2D eigenvalue weighted by molar-refractivity contribution is -0.133. The van der Waals surface area contributed by atoms with Crippen LogP contribution in [0.4, 0.5) is 0 Å². The Hall–Kier alpha value is -2.28. The molecule has 1 aliphatic heterocycles. The number of hydrogen-bond acceptors (Lipinski definition) is 6. The molecule has 1 amide bonds. The molecule has 7 nitrogen and oxygen atoms in total. The third-order valence-corrected chi connectivity index (χ3v) is 5.16. The fourth-order valence-corrected chi connectivity index (χ4v) is 3.23. The van der Waals surface area contributed by atoms with Crippen molar-refractivity contribution in [2.45, 2.75) is 38.1 Å². The van der Waals surface area contributed by atoms with E-state index in [1.54, 1.807) is 12.4 Å². The molecule has 1 aliphatic carbocycles. The lowest BCUT2D eigenvalue weighted by Gasteiger charge is -2.37. The van der Waals surface area contributed by atoms with Gasteiger partial charge >= 0.3 is 0 Å². The third-order valence-electron chi connectivity index (χ3n) is 5.16. The molecule has 2 aliphatic rings. The van der Waals surface area contributed by atoms with Crippen LogP contribution in [0.15, 0.2) is 23.0 Å². The molecule has 1 saturated heterocycles. The van der Waals surface area contributed by atoms with Crippen molar-refractivity contribution in [3.05, 3.63) is 41.3 Å². The lowest BCUT2D eigenvalue weighted by atomic mass is 10.1. The summed E-state index contributed by atoms with van der Waals surface area (Å²) in [5.41, 5.74) is 2.08. The van der Waals surface area contributed by atoms with Crippen LogP contribution in [-0.2, 0) is 11.2 Å². The van der Waals surface area contributed by atoms with Crippen molar-refractivity contribution in [3.63, 3.8) is 0 Å². The zero-order valence-electron chi connectivity index (χ0n) is 14.7. The Morgan fingerprint density at radius 3 is 2.96 bits per heavy atom. The van der Waals surface area contributed by atoms with E-state index in [1.165, 1.54) is 0 Å². The highest BCUT2D eigenvalue weighted by Crippen LogP contribution is 2.38. The molecule has 0 radical (unpaired) electrons. The molecule has 0 N–H and O–H groups in total. The van der Waals surface area contributed by atoms with Gasteiger partial charge in [0.2, 0.25) is 11.8 Å². The summed E-state index contributed by atoms with van der Waals surface area (Å²) in [6.07, 6.45) is 6.24. The maximum Gasteiger partial charge on any atom is 0.245 e. The maximum absolute atomic E-state index is 12.7. The summed E-state index contributed by atoms with van der Waals surface area (Å²) in [5, 5.41) is 4.11. The minimum Gasteiger partial charge on any atom is -0.339 e. The van der Waals surface area contributed by atoms with Crippen molar-refractivity contribution in [2.75, 3.05) is 26.7 Å². The minimum absolute atomic E-state index is 0.0313. The second-order valence-electron chi connectivity index (χ2n) is 7.08. The quantitative estimate of drug-likeness (QED) is 0.843. The maximum atomic E-state index is 12.7. The highest BCUT2D eigenvalue weighted by molar-refractivity contribution is 5.79. The average molecular weight is 341 g/mol. The van der Waals surface area contributed by atoms with Crippen LogP contribution in [0, 0.1) is 6.92 Å². The molecule has 25 heavy (non-hydrogen) atoms. The fraction of sp³-hybridized carbons (Fsp3) is 0.556. The summed E-state index contributed by atoms with van der Waals surface area (Å²) in [6.45, 7) is 4.10. The van der Waals surface area contributed by atoms with Crippen LogP contribution in [0.3, 0.4) is 0 Å². The van der Waals surface area contributed by atoms with Crippen LogP contribution in [0.25, 0.3) is 0 Å². The van der Waals surface area contributed by atoms with E-state index < -0.39 is 0 Å². The van der Waals surface area contributed by atoms with Crippen LogP contribution < -0.4 is 0 Å². The van der Waals surface area contributed by atoms with Gasteiger partial charge in [0, 0.05) is 37.9 Å². The van der Waals surface area contributed by atoms with Gasteiger partial charge in [0.25, 0.3) is 0 Å². The first-order chi connectivity index (χ1) is 12.1. The number of hydrogen-bond donors (Lipinski definition) is 0. The summed E-state index contributed by atoms with van der Waals surface area (Å²) in [5.74, 6) is 2.05. The number of piperazine rings is 1. The molecule has 132 valence electrons. The summed E-state index contributed by atoms with van der Waals surface area (Å²) < 4.78 is 5.49. The molecular formula is C18H23N5O2. The van der Waals surface area contributed by atoms with Crippen molar-refractivity contribution in [1.29, 1.82) is 0 Å². The normalized spacial score (nSPS) is 21.5. The Kier molecular flexibility index (Phi) is 4.25. The molecule has 2 aromatic heterocycles. The lowest BCUT2D eigenvalue weighted by Crippen LogP contribution is -2.49. The Labute approximate surface area is 147 Å². The van der Waals surface area contributed by atoms with Crippen molar-refractivity contribution < 1.29 is 9.32 Å². The molecule has 0 aromatic carbocycles. The van der Waals surface area contributed by atoms with Gasteiger partial charge in [-0.1, -0.05) is 5.16 Å². The van der Waals surface area contributed by atoms with E-state index in [2.05, 4.69) is 20.0 Å². The second-order valence-corrected chi connectivity index (χ2v) is 7.08. The number of amides is 1. The number of carbonyl (C=O) groups excluding carboxylic acids is 1. The third kappa shape index (κ3) is 3.42. The zero-order chi connectivity index (χ0) is 17.4. The standard InChI is InChI=1S/C18H23N5O2/c1-12-10-19-6-5-14(12)9-16(24)23-8-7-22(2)15(11-23)18-20-17(21-25-18)13-3-4-13/h5-6,10,13,15H,3-4,7-9,11H2,1-2H3. The number of pyridine rings is 1. The first-order valence-electron chi connectivity index (χ1n) is 8.83. The highest BCUT2D eigenvalue weighted by atomic mass is 16.5. The van der Waals surface area contributed by atoms with Gasteiger partial charge in [0.05, 0.1) is 6.42 Å². The second kappa shape index (κ2) is 6.55. The van der Waals surface area contributed by atoms with E-state index in [-0.39, 0.29) is 11.9 Å². The van der Waals surface area contributed by atoms with Gasteiger partial charge in [-0.2, -0.15) is 4.98 Å².